The van der Waals surface area contributed by atoms with Crippen LogP contribution in [0.2, 0.25) is 0 Å². The first-order valence-corrected chi connectivity index (χ1v) is 13.8. The summed E-state index contributed by atoms with van der Waals surface area (Å²) >= 11 is 0. The predicted molar refractivity (Wildman–Crippen MR) is 157 cm³/mol. The minimum Gasteiger partial charge on any atom is -0.507 e. The Morgan fingerprint density at radius 1 is 0.952 bits per heavy atom. The number of carbonyl (C=O) groups excluding carboxylic acids is 2. The number of rotatable bonds is 12. The second kappa shape index (κ2) is 13.1. The Hall–Kier alpha value is -5.05. The van der Waals surface area contributed by atoms with E-state index in [2.05, 4.69) is 4.98 Å². The lowest BCUT2D eigenvalue weighted by Gasteiger charge is -2.26. The fourth-order valence-electron chi connectivity index (χ4n) is 5.06. The number of aliphatic hydroxyl groups excluding tert-OH is 1. The molecule has 0 spiro atoms. The van der Waals surface area contributed by atoms with Gasteiger partial charge in [0.25, 0.3) is 11.7 Å². The number of benzene rings is 3. The molecule has 42 heavy (non-hydrogen) atoms. The van der Waals surface area contributed by atoms with E-state index in [1.807, 2.05) is 48.0 Å². The van der Waals surface area contributed by atoms with E-state index in [4.69, 9.17) is 14.2 Å². The third-order valence-corrected chi connectivity index (χ3v) is 7.07. The molecule has 0 bridgehead atoms. The third kappa shape index (κ3) is 6.15. The maximum atomic E-state index is 13.5. The number of aryl methyl sites for hydroxylation is 1. The van der Waals surface area contributed by atoms with Crippen molar-refractivity contribution in [2.24, 2.45) is 0 Å². The quantitative estimate of drug-likeness (QED) is 0.139. The molecule has 4 aromatic rings. The van der Waals surface area contributed by atoms with E-state index >= 15 is 0 Å². The third-order valence-electron chi connectivity index (χ3n) is 7.07. The molecule has 1 aliphatic rings. The molecule has 0 saturated carbocycles. The predicted octanol–water partition coefficient (Wildman–Crippen LogP) is 5.38. The van der Waals surface area contributed by atoms with E-state index < -0.39 is 17.7 Å². The van der Waals surface area contributed by atoms with E-state index in [-0.39, 0.29) is 17.9 Å². The molecule has 0 radical (unpaired) electrons. The average Bonchev–Trinajstić information content (AvgIpc) is 3.63. The molecule has 1 atom stereocenters. The van der Waals surface area contributed by atoms with Crippen LogP contribution in [0.5, 0.6) is 17.2 Å². The van der Waals surface area contributed by atoms with Crippen LogP contribution in [0.25, 0.3) is 5.76 Å². The zero-order valence-electron chi connectivity index (χ0n) is 23.6. The largest absolute Gasteiger partial charge is 0.507 e. The number of hydrogen-bond donors (Lipinski definition) is 1. The molecule has 1 amide bonds. The Bertz CT molecular complexity index is 1570. The van der Waals surface area contributed by atoms with Gasteiger partial charge in [0, 0.05) is 31.0 Å². The van der Waals surface area contributed by atoms with Gasteiger partial charge in [-0.25, -0.2) is 4.98 Å². The number of carbonyl (C=O) groups is 2. The normalized spacial score (nSPS) is 16.0. The summed E-state index contributed by atoms with van der Waals surface area (Å²) in [7, 11) is 1.54. The Morgan fingerprint density at radius 3 is 2.52 bits per heavy atom. The number of likely N-dealkylation sites (tertiary alicyclic amines) is 1. The van der Waals surface area contributed by atoms with E-state index in [0.717, 1.165) is 5.56 Å². The Balaban J connectivity index is 1.51. The number of hydrogen-bond acceptors (Lipinski definition) is 7. The maximum Gasteiger partial charge on any atom is 0.295 e. The summed E-state index contributed by atoms with van der Waals surface area (Å²) in [6, 6.07) is 21.1. The van der Waals surface area contributed by atoms with Crippen molar-refractivity contribution in [2.45, 2.75) is 32.5 Å². The summed E-state index contributed by atoms with van der Waals surface area (Å²) in [6.07, 6.45) is 5.82. The van der Waals surface area contributed by atoms with Crippen molar-refractivity contribution in [3.8, 4) is 17.2 Å². The molecule has 9 heteroatoms. The SMILES string of the molecule is CCOc1cccc(C(O)=C2C(=O)C(=O)N(CCCn3ccnc3)C2c2ccc(OCc3ccccc3)c(OC)c2)c1. The molecular weight excluding hydrogens is 534 g/mol. The highest BCUT2D eigenvalue weighted by Gasteiger charge is 2.46. The van der Waals surface area contributed by atoms with Gasteiger partial charge in [0.2, 0.25) is 0 Å². The van der Waals surface area contributed by atoms with Crippen molar-refractivity contribution in [1.82, 2.24) is 14.5 Å². The van der Waals surface area contributed by atoms with Crippen LogP contribution in [-0.2, 0) is 22.7 Å². The van der Waals surface area contributed by atoms with Crippen molar-refractivity contribution in [3.05, 3.63) is 114 Å². The van der Waals surface area contributed by atoms with Crippen LogP contribution in [0.1, 0.15) is 36.1 Å². The summed E-state index contributed by atoms with van der Waals surface area (Å²) in [5, 5.41) is 11.5. The lowest BCUT2D eigenvalue weighted by molar-refractivity contribution is -0.139. The van der Waals surface area contributed by atoms with Gasteiger partial charge in [0.1, 0.15) is 18.1 Å². The zero-order valence-corrected chi connectivity index (χ0v) is 23.6. The number of nitrogens with zero attached hydrogens (tertiary/aromatic N) is 3. The molecule has 1 aromatic heterocycles. The van der Waals surface area contributed by atoms with Crippen LogP contribution in [0.15, 0.2) is 97.1 Å². The molecular formula is C33H33N3O6. The van der Waals surface area contributed by atoms with Crippen LogP contribution in [0.4, 0.5) is 0 Å². The lowest BCUT2D eigenvalue weighted by Crippen LogP contribution is -2.31. The molecule has 1 aliphatic heterocycles. The van der Waals surface area contributed by atoms with Gasteiger partial charge in [0.05, 0.1) is 31.7 Å². The van der Waals surface area contributed by atoms with Gasteiger partial charge in [-0.1, -0.05) is 48.5 Å². The number of methoxy groups -OCH3 is 1. The maximum absolute atomic E-state index is 13.5. The van der Waals surface area contributed by atoms with Gasteiger partial charge in [-0.2, -0.15) is 0 Å². The van der Waals surface area contributed by atoms with E-state index in [1.54, 1.807) is 55.0 Å². The highest BCUT2D eigenvalue weighted by atomic mass is 16.5. The number of amides is 1. The highest BCUT2D eigenvalue weighted by molar-refractivity contribution is 6.46. The standard InChI is InChI=1S/C33H33N3O6/c1-3-41-26-12-7-11-25(19-26)31(37)29-30(36(33(39)32(29)38)17-8-16-35-18-15-34-22-35)24-13-14-27(28(20-24)40-2)42-21-23-9-5-4-6-10-23/h4-7,9-15,18-20,22,30,37H,3,8,16-17,21H2,1-2H3. The van der Waals surface area contributed by atoms with Gasteiger partial charge in [0.15, 0.2) is 11.5 Å². The molecule has 1 N–H and O–H groups in total. The Labute approximate surface area is 244 Å². The fraction of sp³-hybridized carbons (Fsp3) is 0.242. The van der Waals surface area contributed by atoms with Gasteiger partial charge < -0.3 is 28.8 Å². The molecule has 5 rings (SSSR count). The first-order valence-electron chi connectivity index (χ1n) is 13.8. The molecule has 1 unspecified atom stereocenters. The number of ketones is 1. The molecule has 2 heterocycles. The minimum atomic E-state index is -0.833. The smallest absolute Gasteiger partial charge is 0.295 e. The first-order chi connectivity index (χ1) is 20.5. The van der Waals surface area contributed by atoms with Crippen LogP contribution in [-0.4, -0.2) is 51.5 Å². The van der Waals surface area contributed by atoms with E-state index in [1.165, 1.54) is 12.0 Å². The van der Waals surface area contributed by atoms with E-state index in [0.29, 0.717) is 54.6 Å². The van der Waals surface area contributed by atoms with Crippen LogP contribution < -0.4 is 14.2 Å². The minimum absolute atomic E-state index is 0.0105. The van der Waals surface area contributed by atoms with Crippen LogP contribution in [0.3, 0.4) is 0 Å². The summed E-state index contributed by atoms with van der Waals surface area (Å²) in [4.78, 5) is 32.5. The van der Waals surface area contributed by atoms with Crippen LogP contribution in [0, 0.1) is 0 Å². The zero-order chi connectivity index (χ0) is 29.5. The highest BCUT2D eigenvalue weighted by Crippen LogP contribution is 2.42. The fourth-order valence-corrected chi connectivity index (χ4v) is 5.06. The molecule has 3 aromatic carbocycles. The average molecular weight is 568 g/mol. The monoisotopic (exact) mass is 567 g/mol. The number of imidazole rings is 1. The van der Waals surface area contributed by atoms with Gasteiger partial charge in [-0.15, -0.1) is 0 Å². The van der Waals surface area contributed by atoms with Crippen molar-refractivity contribution >= 4 is 17.4 Å². The van der Waals surface area contributed by atoms with Crippen molar-refractivity contribution in [2.75, 3.05) is 20.3 Å². The molecule has 1 fully saturated rings. The second-order valence-corrected chi connectivity index (χ2v) is 9.79. The molecule has 0 aliphatic carbocycles. The number of aromatic nitrogens is 2. The number of aliphatic hydroxyl groups is 1. The molecule has 216 valence electrons. The van der Waals surface area contributed by atoms with Gasteiger partial charge in [-0.05, 0) is 48.7 Å². The summed E-state index contributed by atoms with van der Waals surface area (Å²) in [6.45, 7) is 3.56. The summed E-state index contributed by atoms with van der Waals surface area (Å²) in [5.74, 6) is -0.159. The van der Waals surface area contributed by atoms with Gasteiger partial charge >= 0.3 is 0 Å². The number of Topliss-reactive ketones (excluding diaryl/α,β-unsaturated/α-hetero) is 1. The Morgan fingerprint density at radius 2 is 1.79 bits per heavy atom. The van der Waals surface area contributed by atoms with E-state index in [9.17, 15) is 14.7 Å². The summed E-state index contributed by atoms with van der Waals surface area (Å²) in [5.41, 5.74) is 2.01. The van der Waals surface area contributed by atoms with Crippen molar-refractivity contribution < 1.29 is 28.9 Å². The second-order valence-electron chi connectivity index (χ2n) is 9.79. The lowest BCUT2D eigenvalue weighted by atomic mass is 9.95. The van der Waals surface area contributed by atoms with Crippen molar-refractivity contribution in [3.63, 3.8) is 0 Å². The molecule has 9 nitrogen and oxygen atoms in total. The Kier molecular flexibility index (Phi) is 8.87. The number of ether oxygens (including phenoxy) is 3. The first kappa shape index (κ1) is 28.5. The van der Waals surface area contributed by atoms with Crippen molar-refractivity contribution in [1.29, 1.82) is 0 Å². The van der Waals surface area contributed by atoms with Crippen LogP contribution >= 0.6 is 0 Å². The topological polar surface area (TPSA) is 103 Å². The van der Waals surface area contributed by atoms with Gasteiger partial charge in [-0.3, -0.25) is 9.59 Å². The molecule has 1 saturated heterocycles. The summed E-state index contributed by atoms with van der Waals surface area (Å²) < 4.78 is 19.2.